The van der Waals surface area contributed by atoms with E-state index in [1.54, 1.807) is 16.9 Å². The lowest BCUT2D eigenvalue weighted by Crippen LogP contribution is -2.43. The number of nitrogens with zero attached hydrogens (tertiary/aromatic N) is 2. The van der Waals surface area contributed by atoms with E-state index in [0.717, 1.165) is 17.9 Å². The summed E-state index contributed by atoms with van der Waals surface area (Å²) in [5.74, 6) is 0.571. The summed E-state index contributed by atoms with van der Waals surface area (Å²) in [6.45, 7) is 2.14. The Morgan fingerprint density at radius 1 is 1.14 bits per heavy atom. The fourth-order valence-electron chi connectivity index (χ4n) is 3.73. The number of nitrogens with one attached hydrogen (secondary N) is 1. The van der Waals surface area contributed by atoms with Gasteiger partial charge in [0.05, 0.1) is 19.8 Å². The number of anilines is 1. The number of hydrogen-bond donors (Lipinski definition) is 1. The Labute approximate surface area is 170 Å². The van der Waals surface area contributed by atoms with Crippen molar-refractivity contribution >= 4 is 17.6 Å². The van der Waals surface area contributed by atoms with E-state index >= 15 is 0 Å². The largest absolute Gasteiger partial charge is 0.497 e. The number of carbonyl (C=O) groups is 2. The summed E-state index contributed by atoms with van der Waals surface area (Å²) in [7, 11) is 1.60. The van der Waals surface area contributed by atoms with Crippen molar-refractivity contribution in [2.45, 2.75) is 19.1 Å². The highest BCUT2D eigenvalue weighted by molar-refractivity contribution is 5.96. The summed E-state index contributed by atoms with van der Waals surface area (Å²) in [6, 6.07) is 15.4. The van der Waals surface area contributed by atoms with E-state index in [1.165, 1.54) is 11.1 Å². The predicted molar refractivity (Wildman–Crippen MR) is 109 cm³/mol. The molecule has 2 aliphatic rings. The maximum absolute atomic E-state index is 12.7. The smallest absolute Gasteiger partial charge is 0.325 e. The van der Waals surface area contributed by atoms with Crippen LogP contribution in [0, 0.1) is 0 Å². The first kappa shape index (κ1) is 19.3. The highest BCUT2D eigenvalue weighted by atomic mass is 16.5. The van der Waals surface area contributed by atoms with Crippen LogP contribution in [0.25, 0.3) is 0 Å². The number of methoxy groups -OCH3 is 1. The fraction of sp³-hybridized carbons (Fsp3) is 0.364. The van der Waals surface area contributed by atoms with E-state index < -0.39 is 0 Å². The number of rotatable bonds is 6. The van der Waals surface area contributed by atoms with E-state index in [2.05, 4.69) is 17.4 Å². The number of benzene rings is 2. The molecule has 0 radical (unpaired) electrons. The number of carbonyl (C=O) groups excluding carboxylic acids is 2. The van der Waals surface area contributed by atoms with Crippen molar-refractivity contribution in [2.24, 2.45) is 0 Å². The van der Waals surface area contributed by atoms with E-state index in [9.17, 15) is 9.59 Å². The van der Waals surface area contributed by atoms with Gasteiger partial charge in [-0.2, -0.15) is 0 Å². The van der Waals surface area contributed by atoms with Gasteiger partial charge in [0.1, 0.15) is 12.3 Å². The lowest BCUT2D eigenvalue weighted by atomic mass is 9.99. The van der Waals surface area contributed by atoms with Crippen LogP contribution >= 0.6 is 0 Å². The minimum atomic E-state index is -0.169. The number of urea groups is 1. The van der Waals surface area contributed by atoms with Crippen molar-refractivity contribution in [3.63, 3.8) is 0 Å². The second-order valence-corrected chi connectivity index (χ2v) is 7.26. The summed E-state index contributed by atoms with van der Waals surface area (Å²) < 4.78 is 11.0. The molecule has 0 saturated carbocycles. The molecular formula is C22H25N3O4. The first-order valence-electron chi connectivity index (χ1n) is 9.79. The number of fused-ring (bicyclic) bond motifs is 1. The van der Waals surface area contributed by atoms with Gasteiger partial charge in [-0.25, -0.2) is 4.79 Å². The molecule has 0 bridgehead atoms. The van der Waals surface area contributed by atoms with E-state index in [4.69, 9.17) is 9.47 Å². The SMILES string of the molecule is COc1ccc(N2CCN(CC(=O)NC[C@@H]3Cc4ccccc4CO3)C2=O)cc1. The Morgan fingerprint density at radius 2 is 1.90 bits per heavy atom. The Hall–Kier alpha value is -3.06. The molecule has 29 heavy (non-hydrogen) atoms. The third kappa shape index (κ3) is 4.35. The van der Waals surface area contributed by atoms with E-state index in [-0.39, 0.29) is 24.6 Å². The van der Waals surface area contributed by atoms with Gasteiger partial charge in [-0.15, -0.1) is 0 Å². The van der Waals surface area contributed by atoms with Gasteiger partial charge in [0, 0.05) is 31.7 Å². The van der Waals surface area contributed by atoms with Crippen molar-refractivity contribution in [1.29, 1.82) is 0 Å². The molecule has 1 saturated heterocycles. The highest BCUT2D eigenvalue weighted by Gasteiger charge is 2.31. The second-order valence-electron chi connectivity index (χ2n) is 7.26. The van der Waals surface area contributed by atoms with Crippen LogP contribution in [0.15, 0.2) is 48.5 Å². The van der Waals surface area contributed by atoms with Crippen LogP contribution in [0.1, 0.15) is 11.1 Å². The molecule has 2 aromatic carbocycles. The number of hydrogen-bond acceptors (Lipinski definition) is 4. The molecule has 1 fully saturated rings. The molecular weight excluding hydrogens is 370 g/mol. The summed E-state index contributed by atoms with van der Waals surface area (Å²) in [6.07, 6.45) is 0.739. The Morgan fingerprint density at radius 3 is 2.66 bits per heavy atom. The highest BCUT2D eigenvalue weighted by Crippen LogP contribution is 2.23. The molecule has 7 nitrogen and oxygen atoms in total. The van der Waals surface area contributed by atoms with Gasteiger partial charge in [-0.3, -0.25) is 9.69 Å². The first-order valence-corrected chi connectivity index (χ1v) is 9.79. The second kappa shape index (κ2) is 8.53. The van der Waals surface area contributed by atoms with Gasteiger partial charge in [0.2, 0.25) is 5.91 Å². The quantitative estimate of drug-likeness (QED) is 0.814. The molecule has 0 spiro atoms. The van der Waals surface area contributed by atoms with Crippen molar-refractivity contribution < 1.29 is 19.1 Å². The minimum absolute atomic E-state index is 0.0427. The van der Waals surface area contributed by atoms with Crippen LogP contribution in [0.5, 0.6) is 5.75 Å². The zero-order valence-corrected chi connectivity index (χ0v) is 16.5. The predicted octanol–water partition coefficient (Wildman–Crippen LogP) is 2.19. The third-order valence-electron chi connectivity index (χ3n) is 5.38. The first-order chi connectivity index (χ1) is 14.1. The molecule has 4 rings (SSSR count). The third-order valence-corrected chi connectivity index (χ3v) is 5.38. The average molecular weight is 395 g/mol. The standard InChI is InChI=1S/C22H25N3O4/c1-28-19-8-6-18(7-9-19)25-11-10-24(22(25)27)14-21(26)23-13-20-12-16-4-2-3-5-17(16)15-29-20/h2-9,20H,10-15H2,1H3,(H,23,26)/t20-/m0/s1. The molecule has 0 unspecified atom stereocenters. The van der Waals surface area contributed by atoms with Crippen LogP contribution in [-0.4, -0.2) is 56.2 Å². The van der Waals surface area contributed by atoms with Crippen LogP contribution in [0.4, 0.5) is 10.5 Å². The summed E-state index contributed by atoms with van der Waals surface area (Å²) in [4.78, 5) is 28.3. The molecule has 1 atom stereocenters. The van der Waals surface area contributed by atoms with Crippen molar-refractivity contribution in [2.75, 3.05) is 38.2 Å². The molecule has 2 heterocycles. The Kier molecular flexibility index (Phi) is 5.67. The van der Waals surface area contributed by atoms with Crippen LogP contribution in [0.3, 0.4) is 0 Å². The maximum atomic E-state index is 12.7. The van der Waals surface area contributed by atoms with Crippen LogP contribution in [-0.2, 0) is 22.6 Å². The number of ether oxygens (including phenoxy) is 2. The van der Waals surface area contributed by atoms with E-state index in [1.807, 2.05) is 36.4 Å². The Balaban J connectivity index is 1.26. The Bertz CT molecular complexity index is 884. The summed E-state index contributed by atoms with van der Waals surface area (Å²) in [5.41, 5.74) is 3.27. The molecule has 0 aliphatic carbocycles. The van der Waals surface area contributed by atoms with Crippen LogP contribution in [0.2, 0.25) is 0 Å². The van der Waals surface area contributed by atoms with Gasteiger partial charge in [0.25, 0.3) is 0 Å². The van der Waals surface area contributed by atoms with Crippen LogP contribution < -0.4 is 15.0 Å². The van der Waals surface area contributed by atoms with Crippen molar-refractivity contribution in [3.05, 3.63) is 59.7 Å². The van der Waals surface area contributed by atoms with Gasteiger partial charge in [-0.05, 0) is 35.4 Å². The zero-order chi connectivity index (χ0) is 20.2. The van der Waals surface area contributed by atoms with Crippen molar-refractivity contribution in [3.8, 4) is 5.75 Å². The van der Waals surface area contributed by atoms with Gasteiger partial charge in [0.15, 0.2) is 0 Å². The lowest BCUT2D eigenvalue weighted by Gasteiger charge is -2.26. The summed E-state index contributed by atoms with van der Waals surface area (Å²) >= 11 is 0. The van der Waals surface area contributed by atoms with Crippen molar-refractivity contribution in [1.82, 2.24) is 10.2 Å². The maximum Gasteiger partial charge on any atom is 0.325 e. The molecule has 0 aromatic heterocycles. The number of amides is 3. The van der Waals surface area contributed by atoms with E-state index in [0.29, 0.717) is 26.2 Å². The zero-order valence-electron chi connectivity index (χ0n) is 16.5. The molecule has 7 heteroatoms. The monoisotopic (exact) mass is 395 g/mol. The topological polar surface area (TPSA) is 71.1 Å². The lowest BCUT2D eigenvalue weighted by molar-refractivity contribution is -0.122. The molecule has 2 aliphatic heterocycles. The average Bonchev–Trinajstić information content (AvgIpc) is 3.12. The minimum Gasteiger partial charge on any atom is -0.497 e. The normalized spacial score (nSPS) is 18.5. The van der Waals surface area contributed by atoms with Gasteiger partial charge < -0.3 is 19.7 Å². The molecule has 1 N–H and O–H groups in total. The summed E-state index contributed by atoms with van der Waals surface area (Å²) in [5, 5.41) is 2.91. The van der Waals surface area contributed by atoms with Gasteiger partial charge >= 0.3 is 6.03 Å². The fourth-order valence-corrected chi connectivity index (χ4v) is 3.73. The van der Waals surface area contributed by atoms with Gasteiger partial charge in [-0.1, -0.05) is 24.3 Å². The molecule has 152 valence electrons. The molecule has 2 aromatic rings. The molecule has 3 amide bonds.